The Morgan fingerprint density at radius 1 is 1.26 bits per heavy atom. The van der Waals surface area contributed by atoms with Crippen LogP contribution in [-0.4, -0.2) is 102 Å². The monoisotopic (exact) mass is 579 g/mol. The Morgan fingerprint density at radius 2 is 2.03 bits per heavy atom. The largest absolute Gasteiger partial charge is 0.477 e. The molecule has 0 bridgehead atoms. The predicted octanol–water partition coefficient (Wildman–Crippen LogP) is -0.944. The molecule has 35 heavy (non-hydrogen) atoms. The van der Waals surface area contributed by atoms with Crippen molar-refractivity contribution in [3.05, 3.63) is 11.3 Å². The molecule has 4 heterocycles. The minimum atomic E-state index is -3.49. The van der Waals surface area contributed by atoms with Crippen LogP contribution in [0.2, 0.25) is 0 Å². The standard InChI is InChI=1S/C15H17N9O6S5/c1-23-14(18-21-22-23)32-4-6-3-31-11-8(10(26)24(11)9(6)12(27)28)16-7(25)5-33-15-19-17-13(34-15)20-35(2,29)30/h8,11H,3-5H2,1-2H3,(H,16,25)(H,17,20)(H,27,28)/t8?,11-/m0/s1. The number of tetrazole rings is 1. The number of β-lactam (4-membered cyclic amide) rings is 1. The molecule has 3 N–H and O–H groups in total. The van der Waals surface area contributed by atoms with Gasteiger partial charge in [-0.25, -0.2) is 17.9 Å². The number of anilines is 1. The van der Waals surface area contributed by atoms with Crippen LogP contribution in [0.5, 0.6) is 0 Å². The second-order valence-corrected chi connectivity index (χ2v) is 13.1. The van der Waals surface area contributed by atoms with Crippen LogP contribution >= 0.6 is 46.6 Å². The Morgan fingerprint density at radius 3 is 2.69 bits per heavy atom. The summed E-state index contributed by atoms with van der Waals surface area (Å²) in [6.45, 7) is 0. The average Bonchev–Trinajstić information content (AvgIpc) is 3.40. The molecule has 1 fully saturated rings. The highest BCUT2D eigenvalue weighted by Gasteiger charge is 2.54. The number of thioether (sulfide) groups is 3. The van der Waals surface area contributed by atoms with Crippen molar-refractivity contribution in [2.24, 2.45) is 7.05 Å². The lowest BCUT2D eigenvalue weighted by molar-refractivity contribution is -0.150. The summed E-state index contributed by atoms with van der Waals surface area (Å²) in [5.74, 6) is -1.58. The molecule has 1 saturated heterocycles. The minimum Gasteiger partial charge on any atom is -0.477 e. The van der Waals surface area contributed by atoms with E-state index >= 15 is 0 Å². The fourth-order valence-electron chi connectivity index (χ4n) is 3.10. The lowest BCUT2D eigenvalue weighted by Crippen LogP contribution is -2.70. The van der Waals surface area contributed by atoms with E-state index in [1.807, 2.05) is 0 Å². The maximum atomic E-state index is 12.8. The van der Waals surface area contributed by atoms with E-state index in [1.165, 1.54) is 33.1 Å². The molecular weight excluding hydrogens is 563 g/mol. The van der Waals surface area contributed by atoms with Crippen LogP contribution in [0.15, 0.2) is 20.8 Å². The van der Waals surface area contributed by atoms with E-state index in [9.17, 15) is 27.9 Å². The van der Waals surface area contributed by atoms with Crippen molar-refractivity contribution in [2.75, 3.05) is 28.2 Å². The molecule has 188 valence electrons. The maximum absolute atomic E-state index is 12.8. The third-order valence-electron chi connectivity index (χ3n) is 4.53. The zero-order chi connectivity index (χ0) is 25.3. The number of carbonyl (C=O) groups excluding carboxylic acids is 2. The summed E-state index contributed by atoms with van der Waals surface area (Å²) < 4.78 is 26.5. The van der Waals surface area contributed by atoms with Crippen LogP contribution in [0.4, 0.5) is 5.13 Å². The summed E-state index contributed by atoms with van der Waals surface area (Å²) in [6, 6.07) is -0.850. The van der Waals surface area contributed by atoms with Crippen molar-refractivity contribution in [1.82, 2.24) is 40.6 Å². The van der Waals surface area contributed by atoms with Gasteiger partial charge in [-0.1, -0.05) is 34.9 Å². The summed E-state index contributed by atoms with van der Waals surface area (Å²) in [6.07, 6.45) is 0.985. The van der Waals surface area contributed by atoms with Crippen molar-refractivity contribution in [3.8, 4) is 0 Å². The molecule has 4 rings (SSSR count). The third kappa shape index (κ3) is 5.88. The highest BCUT2D eigenvalue weighted by Crippen LogP contribution is 2.41. The van der Waals surface area contributed by atoms with E-state index in [0.717, 1.165) is 29.4 Å². The quantitative estimate of drug-likeness (QED) is 0.230. The Bertz CT molecular complexity index is 1310. The molecule has 0 spiro atoms. The van der Waals surface area contributed by atoms with Crippen LogP contribution in [0.25, 0.3) is 0 Å². The van der Waals surface area contributed by atoms with Crippen molar-refractivity contribution in [1.29, 1.82) is 0 Å². The maximum Gasteiger partial charge on any atom is 0.352 e. The number of aryl methyl sites for hydroxylation is 1. The number of rotatable bonds is 10. The molecule has 20 heteroatoms. The first-order chi connectivity index (χ1) is 16.5. The smallest absolute Gasteiger partial charge is 0.352 e. The first-order valence-corrected chi connectivity index (χ1v) is 15.2. The highest BCUT2D eigenvalue weighted by molar-refractivity contribution is 8.01. The van der Waals surface area contributed by atoms with Gasteiger partial charge >= 0.3 is 5.97 Å². The Hall–Kier alpha value is -2.42. The van der Waals surface area contributed by atoms with Gasteiger partial charge in [0.25, 0.3) is 5.91 Å². The molecule has 2 aliphatic heterocycles. The number of aliphatic carboxylic acids is 1. The number of hydrogen-bond donors (Lipinski definition) is 3. The Kier molecular flexibility index (Phi) is 7.54. The van der Waals surface area contributed by atoms with E-state index in [-0.39, 0.29) is 16.6 Å². The molecule has 2 aliphatic rings. The molecule has 0 radical (unpaired) electrons. The van der Waals surface area contributed by atoms with E-state index < -0.39 is 39.2 Å². The number of nitrogens with one attached hydrogen (secondary N) is 2. The molecule has 2 aromatic rings. The van der Waals surface area contributed by atoms with Crippen LogP contribution in [0.1, 0.15) is 0 Å². The molecule has 15 nitrogen and oxygen atoms in total. The second kappa shape index (κ2) is 10.3. The molecular formula is C15H17N9O6S5. The van der Waals surface area contributed by atoms with Gasteiger partial charge in [0.1, 0.15) is 17.1 Å². The minimum absolute atomic E-state index is 0.0794. The van der Waals surface area contributed by atoms with Crippen molar-refractivity contribution < 1.29 is 27.9 Å². The van der Waals surface area contributed by atoms with E-state index in [1.54, 1.807) is 7.05 Å². The predicted molar refractivity (Wildman–Crippen MR) is 128 cm³/mol. The number of nitrogens with zero attached hydrogens (tertiary/aromatic N) is 7. The first kappa shape index (κ1) is 25.7. The number of amides is 2. The van der Waals surface area contributed by atoms with Crippen LogP contribution in [-0.2, 0) is 31.5 Å². The van der Waals surface area contributed by atoms with Gasteiger partial charge in [0, 0.05) is 18.6 Å². The molecule has 0 aliphatic carbocycles. The number of aromatic nitrogens is 6. The number of carboxylic acid groups (broad SMARTS) is 1. The summed E-state index contributed by atoms with van der Waals surface area (Å²) in [7, 11) is -1.82. The van der Waals surface area contributed by atoms with E-state index in [4.69, 9.17) is 0 Å². The molecule has 0 aromatic carbocycles. The molecule has 1 unspecified atom stereocenters. The summed E-state index contributed by atoms with van der Waals surface area (Å²) >= 11 is 4.64. The molecule has 2 aromatic heterocycles. The molecule has 2 amide bonds. The summed E-state index contributed by atoms with van der Waals surface area (Å²) in [4.78, 5) is 38.3. The Labute approximate surface area is 214 Å². The van der Waals surface area contributed by atoms with Crippen molar-refractivity contribution in [3.63, 3.8) is 0 Å². The summed E-state index contributed by atoms with van der Waals surface area (Å²) in [5.41, 5.74) is 0.483. The fourth-order valence-corrected chi connectivity index (χ4v) is 7.83. The van der Waals surface area contributed by atoms with E-state index in [0.29, 0.717) is 26.6 Å². The van der Waals surface area contributed by atoms with Crippen molar-refractivity contribution >= 4 is 79.6 Å². The number of sulfonamides is 1. The first-order valence-electron chi connectivity index (χ1n) is 9.52. The second-order valence-electron chi connectivity index (χ2n) is 7.12. The lowest BCUT2D eigenvalue weighted by atomic mass is 10.0. The zero-order valence-corrected chi connectivity index (χ0v) is 22.0. The summed E-state index contributed by atoms with van der Waals surface area (Å²) in [5, 5.41) is 31.1. The average molecular weight is 580 g/mol. The van der Waals surface area contributed by atoms with E-state index in [2.05, 4.69) is 35.8 Å². The molecule has 0 saturated carbocycles. The number of carbonyl (C=O) groups is 3. The fraction of sp³-hybridized carbons (Fsp3) is 0.467. The number of carboxylic acids is 1. The van der Waals surface area contributed by atoms with Crippen molar-refractivity contribution in [2.45, 2.75) is 20.9 Å². The topological polar surface area (TPSA) is 202 Å². The van der Waals surface area contributed by atoms with Crippen LogP contribution < -0.4 is 10.0 Å². The van der Waals surface area contributed by atoms with Gasteiger partial charge in [0.05, 0.1) is 12.0 Å². The third-order valence-corrected chi connectivity index (χ3v) is 9.63. The van der Waals surface area contributed by atoms with Gasteiger partial charge in [-0.3, -0.25) is 19.2 Å². The normalized spacial score (nSPS) is 19.8. The van der Waals surface area contributed by atoms with Gasteiger partial charge in [-0.05, 0) is 16.0 Å². The lowest BCUT2D eigenvalue weighted by Gasteiger charge is -2.49. The SMILES string of the molecule is Cn1nnnc1SCC1=C(C(=O)O)N2C(=O)C(NC(=O)CSc3nnc(NS(C)(=O)=O)s3)[C@@H]2SC1. The van der Waals surface area contributed by atoms with Crippen LogP contribution in [0.3, 0.4) is 0 Å². The van der Waals surface area contributed by atoms with Gasteiger partial charge in [-0.15, -0.1) is 27.1 Å². The Balaban J connectivity index is 1.34. The van der Waals surface area contributed by atoms with Gasteiger partial charge < -0.3 is 10.4 Å². The number of hydrogen-bond acceptors (Lipinski definition) is 14. The zero-order valence-electron chi connectivity index (χ0n) is 17.9. The highest BCUT2D eigenvalue weighted by atomic mass is 32.2. The molecule has 2 atom stereocenters. The van der Waals surface area contributed by atoms with Crippen LogP contribution in [0, 0.1) is 0 Å². The van der Waals surface area contributed by atoms with Gasteiger partial charge in [0.2, 0.25) is 26.2 Å². The number of fused-ring (bicyclic) bond motifs is 1. The van der Waals surface area contributed by atoms with Gasteiger partial charge in [0.15, 0.2) is 4.34 Å². The van der Waals surface area contributed by atoms with Gasteiger partial charge in [-0.2, -0.15) is 0 Å².